The van der Waals surface area contributed by atoms with Crippen molar-refractivity contribution in [1.82, 2.24) is 0 Å². The Balaban J connectivity index is 0.000000273. The summed E-state index contributed by atoms with van der Waals surface area (Å²) in [6.07, 6.45) is 0. The predicted octanol–water partition coefficient (Wildman–Crippen LogP) is 8.96. The van der Waals surface area contributed by atoms with Crippen LogP contribution in [0.5, 0.6) is 0 Å². The molecule has 228 valence electrons. The van der Waals surface area contributed by atoms with Crippen LogP contribution in [-0.4, -0.2) is 27.4 Å². The first-order valence-electron chi connectivity index (χ1n) is 11.5. The van der Waals surface area contributed by atoms with Gasteiger partial charge in [0, 0.05) is 46.8 Å². The Morgan fingerprint density at radius 1 is 0.600 bits per heavy atom. The van der Waals surface area contributed by atoms with Gasteiger partial charge in [-0.1, -0.05) is 35.3 Å². The molecule has 0 radical (unpaired) electrons. The lowest BCUT2D eigenvalue weighted by Gasteiger charge is -2.06. The van der Waals surface area contributed by atoms with Crippen molar-refractivity contribution in [3.8, 4) is 0 Å². The molecule has 45 heavy (non-hydrogen) atoms. The average molecular weight is 673 g/mol. The van der Waals surface area contributed by atoms with Crippen LogP contribution in [-0.2, 0) is 10.4 Å². The normalized spacial score (nSPS) is 10.5. The Morgan fingerprint density at radius 3 is 1.18 bits per heavy atom. The second kappa shape index (κ2) is 16.7. The van der Waals surface area contributed by atoms with Gasteiger partial charge in [-0.15, -0.1) is 0 Å². The highest BCUT2D eigenvalue weighted by atomic mass is 35.5. The number of halogens is 2. The van der Waals surface area contributed by atoms with Crippen LogP contribution in [0, 0.1) is 31.0 Å². The van der Waals surface area contributed by atoms with E-state index in [9.17, 15) is 20.2 Å². The molecular weight excluding hydrogens is 659 g/mol. The van der Waals surface area contributed by atoms with Crippen LogP contribution in [0.4, 0.5) is 45.5 Å². The van der Waals surface area contributed by atoms with E-state index in [4.69, 9.17) is 51.5 Å². The third-order valence-electron chi connectivity index (χ3n) is 4.72. The first-order valence-corrected chi connectivity index (χ1v) is 13.6. The lowest BCUT2D eigenvalue weighted by atomic mass is 10.3. The summed E-state index contributed by atoms with van der Waals surface area (Å²) >= 11 is 11.7. The van der Waals surface area contributed by atoms with Gasteiger partial charge in [0.2, 0.25) is 10.8 Å². The van der Waals surface area contributed by atoms with Crippen molar-refractivity contribution in [2.24, 2.45) is 20.5 Å². The molecule has 0 spiro atoms. The molecular formula is C24H14Cl2N10O8S. The van der Waals surface area contributed by atoms with E-state index in [0.29, 0.717) is 22.7 Å². The standard InChI is InChI=1S/2C12H7ClN5O2.H2O4S/c2*13-11-7-9(4-5-12(11)15-14)17-16-8-2-1-3-10(6-8)18(19)20;1-5(2,3)4/h2*1-7H;(H2,1,2,3,4)/q2*+1;/p-2. The Labute approximate surface area is 262 Å². The first-order chi connectivity index (χ1) is 21.2. The molecule has 4 aromatic rings. The number of non-ortho nitro benzene ring substituents is 2. The molecule has 0 atom stereocenters. The smallest absolute Gasteiger partial charge is 0.403 e. The molecule has 4 aromatic carbocycles. The van der Waals surface area contributed by atoms with Gasteiger partial charge in [0.1, 0.15) is 10.0 Å². The quantitative estimate of drug-likeness (QED) is 0.0467. The number of hydrogen-bond donors (Lipinski definition) is 0. The molecule has 21 heteroatoms. The maximum absolute atomic E-state index is 10.6. The summed E-state index contributed by atoms with van der Waals surface area (Å²) in [5.41, 5.74) is 1.91. The Bertz CT molecular complexity index is 1840. The maximum atomic E-state index is 10.6. The minimum atomic E-state index is -5.17. The van der Waals surface area contributed by atoms with Gasteiger partial charge in [0.15, 0.2) is 9.95 Å². The largest absolute Gasteiger partial charge is 0.759 e. The van der Waals surface area contributed by atoms with Gasteiger partial charge >= 0.3 is 11.4 Å². The van der Waals surface area contributed by atoms with Crippen LogP contribution >= 0.6 is 23.2 Å². The number of benzene rings is 4. The summed E-state index contributed by atoms with van der Waals surface area (Å²) in [5, 5.41) is 54.5. The molecule has 0 aliphatic rings. The van der Waals surface area contributed by atoms with Crippen molar-refractivity contribution in [3.63, 3.8) is 0 Å². The second-order valence-corrected chi connectivity index (χ2v) is 9.46. The fraction of sp³-hybridized carbons (Fsp3) is 0. The number of hydrogen-bond acceptors (Lipinski definition) is 14. The average Bonchev–Trinajstić information content (AvgIpc) is 2.99. The van der Waals surface area contributed by atoms with Gasteiger partial charge in [-0.05, 0) is 36.4 Å². The summed E-state index contributed by atoms with van der Waals surface area (Å²) in [7, 11) is -5.17. The first kappa shape index (κ1) is 35.4. The van der Waals surface area contributed by atoms with Crippen molar-refractivity contribution in [3.05, 3.63) is 125 Å². The van der Waals surface area contributed by atoms with Crippen LogP contribution < -0.4 is 0 Å². The van der Waals surface area contributed by atoms with E-state index in [1.165, 1.54) is 60.7 Å². The van der Waals surface area contributed by atoms with Gasteiger partial charge < -0.3 is 9.11 Å². The fourth-order valence-corrected chi connectivity index (χ4v) is 3.27. The van der Waals surface area contributed by atoms with Gasteiger partial charge in [-0.25, -0.2) is 0 Å². The molecule has 0 heterocycles. The molecule has 0 bridgehead atoms. The van der Waals surface area contributed by atoms with Crippen molar-refractivity contribution in [1.29, 1.82) is 10.8 Å². The monoisotopic (exact) mass is 672 g/mol. The lowest BCUT2D eigenvalue weighted by Crippen LogP contribution is -1.91. The number of diazo groups is 2. The van der Waals surface area contributed by atoms with E-state index in [0.717, 1.165) is 0 Å². The summed E-state index contributed by atoms with van der Waals surface area (Å²) in [5.74, 6) is 0. The van der Waals surface area contributed by atoms with Gasteiger partial charge in [0.05, 0.1) is 32.6 Å². The minimum absolute atomic E-state index is 0.0612. The molecule has 0 fully saturated rings. The molecule has 0 aliphatic carbocycles. The van der Waals surface area contributed by atoms with Crippen molar-refractivity contribution < 1.29 is 27.4 Å². The van der Waals surface area contributed by atoms with Crippen LogP contribution in [0.15, 0.2) is 105 Å². The predicted molar refractivity (Wildman–Crippen MR) is 157 cm³/mol. The number of nitrogens with zero attached hydrogens (tertiary/aromatic N) is 10. The third kappa shape index (κ3) is 12.9. The van der Waals surface area contributed by atoms with Gasteiger partial charge in [-0.2, -0.15) is 20.5 Å². The Kier molecular flexibility index (Phi) is 13.1. The Hall–Kier alpha value is -5.83. The topological polar surface area (TPSA) is 272 Å². The van der Waals surface area contributed by atoms with E-state index in [-0.39, 0.29) is 32.8 Å². The molecule has 0 N–H and O–H groups in total. The molecule has 0 amide bonds. The lowest BCUT2D eigenvalue weighted by molar-refractivity contribution is -0.385. The highest BCUT2D eigenvalue weighted by Gasteiger charge is 2.13. The molecule has 0 saturated carbocycles. The Morgan fingerprint density at radius 2 is 0.911 bits per heavy atom. The summed E-state index contributed by atoms with van der Waals surface area (Å²) < 4.78 is 34.1. The van der Waals surface area contributed by atoms with E-state index in [1.807, 2.05) is 0 Å². The van der Waals surface area contributed by atoms with Crippen molar-refractivity contribution in [2.45, 2.75) is 0 Å². The molecule has 0 unspecified atom stereocenters. The van der Waals surface area contributed by atoms with Gasteiger partial charge in [-0.3, -0.25) is 28.6 Å². The fourth-order valence-electron chi connectivity index (χ4n) is 2.85. The third-order valence-corrected chi connectivity index (χ3v) is 5.33. The summed E-state index contributed by atoms with van der Waals surface area (Å²) in [6.45, 7) is 0. The molecule has 18 nitrogen and oxygen atoms in total. The minimum Gasteiger partial charge on any atom is -0.759 e. The number of rotatable bonds is 6. The zero-order valence-corrected chi connectivity index (χ0v) is 24.3. The molecule has 4 rings (SSSR count). The van der Waals surface area contributed by atoms with Crippen LogP contribution in [0.25, 0.3) is 9.95 Å². The van der Waals surface area contributed by atoms with Gasteiger partial charge in [0.25, 0.3) is 11.4 Å². The van der Waals surface area contributed by atoms with Crippen molar-refractivity contribution >= 4 is 79.1 Å². The van der Waals surface area contributed by atoms with E-state index < -0.39 is 20.2 Å². The zero-order valence-electron chi connectivity index (χ0n) is 22.0. The van der Waals surface area contributed by atoms with E-state index in [2.05, 4.69) is 30.4 Å². The number of azo groups is 2. The van der Waals surface area contributed by atoms with E-state index >= 15 is 0 Å². The van der Waals surface area contributed by atoms with Crippen LogP contribution in [0.3, 0.4) is 0 Å². The SMILES string of the molecule is N#[N+]c1ccc(N=Nc2cccc([N+](=O)[O-])c2)cc1Cl.N#[N+]c1ccc(N=Nc2cccc([N+](=O)[O-])c2)cc1Cl.O=S(=O)([O-])[O-]. The second-order valence-electron chi connectivity index (χ2n) is 7.83. The highest BCUT2D eigenvalue weighted by molar-refractivity contribution is 7.79. The van der Waals surface area contributed by atoms with Crippen LogP contribution in [0.2, 0.25) is 10.0 Å². The number of nitro benzene ring substituents is 2. The molecule has 0 aromatic heterocycles. The zero-order chi connectivity index (χ0) is 33.6. The molecule has 0 saturated heterocycles. The highest BCUT2D eigenvalue weighted by Crippen LogP contribution is 2.31. The number of nitro groups is 2. The molecule has 0 aliphatic heterocycles. The maximum Gasteiger partial charge on any atom is 0.403 e. The summed E-state index contributed by atoms with van der Waals surface area (Å²) in [4.78, 5) is 26.2. The van der Waals surface area contributed by atoms with E-state index in [1.54, 1.807) is 24.3 Å². The van der Waals surface area contributed by atoms with Crippen LogP contribution in [0.1, 0.15) is 0 Å². The van der Waals surface area contributed by atoms with Crippen molar-refractivity contribution in [2.75, 3.05) is 0 Å². The summed E-state index contributed by atoms with van der Waals surface area (Å²) in [6, 6.07) is 20.6.